The van der Waals surface area contributed by atoms with Crippen molar-refractivity contribution in [2.75, 3.05) is 20.3 Å². The first kappa shape index (κ1) is 15.3. The van der Waals surface area contributed by atoms with E-state index in [-0.39, 0.29) is 0 Å². The second-order valence-corrected chi connectivity index (χ2v) is 5.65. The van der Waals surface area contributed by atoms with Crippen LogP contribution >= 0.6 is 0 Å². The van der Waals surface area contributed by atoms with Crippen LogP contribution in [0.25, 0.3) is 0 Å². The third-order valence-electron chi connectivity index (χ3n) is 4.05. The molecule has 20 heavy (non-hydrogen) atoms. The van der Waals surface area contributed by atoms with E-state index in [0.29, 0.717) is 5.92 Å². The average molecular weight is 278 g/mol. The molecule has 1 saturated carbocycles. The zero-order valence-corrected chi connectivity index (χ0v) is 12.4. The fraction of sp³-hybridized carbons (Fsp3) is 0.647. The van der Waals surface area contributed by atoms with E-state index >= 15 is 0 Å². The summed E-state index contributed by atoms with van der Waals surface area (Å²) in [5.74, 6) is 1.56. The summed E-state index contributed by atoms with van der Waals surface area (Å²) in [4.78, 5) is 0. The van der Waals surface area contributed by atoms with Crippen molar-refractivity contribution < 1.29 is 14.6 Å². The highest BCUT2D eigenvalue weighted by Crippen LogP contribution is 2.31. The summed E-state index contributed by atoms with van der Waals surface area (Å²) in [7, 11) is 1.71. The minimum Gasteiger partial charge on any atom is -0.493 e. The number of ether oxygens (including phenoxy) is 2. The molecule has 1 atom stereocenters. The molecular weight excluding hydrogens is 252 g/mol. The van der Waals surface area contributed by atoms with Crippen molar-refractivity contribution in [3.05, 3.63) is 29.8 Å². The monoisotopic (exact) mass is 278 g/mol. The Morgan fingerprint density at radius 2 is 2.05 bits per heavy atom. The number of para-hydroxylation sites is 1. The molecule has 0 spiro atoms. The van der Waals surface area contributed by atoms with Crippen LogP contribution in [0.3, 0.4) is 0 Å². The number of rotatable bonds is 9. The summed E-state index contributed by atoms with van der Waals surface area (Å²) < 4.78 is 10.9. The lowest BCUT2D eigenvalue weighted by Crippen LogP contribution is -2.19. The Morgan fingerprint density at radius 1 is 1.25 bits per heavy atom. The first-order valence-corrected chi connectivity index (χ1v) is 7.70. The van der Waals surface area contributed by atoms with Gasteiger partial charge in [-0.1, -0.05) is 24.6 Å². The molecule has 1 aliphatic carbocycles. The van der Waals surface area contributed by atoms with E-state index in [4.69, 9.17) is 9.47 Å². The molecule has 1 fully saturated rings. The Labute approximate surface area is 121 Å². The standard InChI is InChI=1S/C17H26O3/c1-19-12-5-4-10-16(18)15-9-2-3-11-17(15)20-13-14-7-6-8-14/h2-3,9,11,14,16,18H,4-8,10,12-13H2,1H3. The van der Waals surface area contributed by atoms with Gasteiger partial charge in [0.2, 0.25) is 0 Å². The Morgan fingerprint density at radius 3 is 2.75 bits per heavy atom. The summed E-state index contributed by atoms with van der Waals surface area (Å²) >= 11 is 0. The zero-order valence-electron chi connectivity index (χ0n) is 12.4. The van der Waals surface area contributed by atoms with Crippen LogP contribution in [-0.2, 0) is 4.74 Å². The topological polar surface area (TPSA) is 38.7 Å². The number of benzene rings is 1. The van der Waals surface area contributed by atoms with Crippen LogP contribution in [0.4, 0.5) is 0 Å². The molecule has 3 nitrogen and oxygen atoms in total. The van der Waals surface area contributed by atoms with Crippen molar-refractivity contribution >= 4 is 0 Å². The minimum absolute atomic E-state index is 0.440. The van der Waals surface area contributed by atoms with Crippen LogP contribution in [0.1, 0.15) is 50.2 Å². The van der Waals surface area contributed by atoms with E-state index in [2.05, 4.69) is 0 Å². The van der Waals surface area contributed by atoms with Gasteiger partial charge in [0.15, 0.2) is 0 Å². The third-order valence-corrected chi connectivity index (χ3v) is 4.05. The van der Waals surface area contributed by atoms with E-state index in [1.807, 2.05) is 24.3 Å². The maximum atomic E-state index is 10.3. The zero-order chi connectivity index (χ0) is 14.2. The highest BCUT2D eigenvalue weighted by atomic mass is 16.5. The van der Waals surface area contributed by atoms with Crippen molar-refractivity contribution in [3.63, 3.8) is 0 Å². The van der Waals surface area contributed by atoms with E-state index < -0.39 is 6.10 Å². The lowest BCUT2D eigenvalue weighted by Gasteiger charge is -2.26. The van der Waals surface area contributed by atoms with Gasteiger partial charge in [-0.05, 0) is 44.1 Å². The Balaban J connectivity index is 1.84. The number of aliphatic hydroxyl groups excluding tert-OH is 1. The van der Waals surface area contributed by atoms with Crippen molar-refractivity contribution in [1.82, 2.24) is 0 Å². The van der Waals surface area contributed by atoms with Crippen molar-refractivity contribution in [1.29, 1.82) is 0 Å². The van der Waals surface area contributed by atoms with Crippen molar-refractivity contribution in [3.8, 4) is 5.75 Å². The predicted molar refractivity (Wildman–Crippen MR) is 80.0 cm³/mol. The predicted octanol–water partition coefficient (Wildman–Crippen LogP) is 3.72. The molecule has 0 bridgehead atoms. The molecular formula is C17H26O3. The lowest BCUT2D eigenvalue weighted by molar-refractivity contribution is 0.140. The van der Waals surface area contributed by atoms with Crippen molar-refractivity contribution in [2.24, 2.45) is 5.92 Å². The molecule has 0 radical (unpaired) electrons. The molecule has 1 aliphatic rings. The quantitative estimate of drug-likeness (QED) is 0.700. The molecule has 1 aromatic carbocycles. The number of hydrogen-bond donors (Lipinski definition) is 1. The number of unbranched alkanes of at least 4 members (excludes halogenated alkanes) is 1. The van der Waals surface area contributed by atoms with Crippen LogP contribution in [-0.4, -0.2) is 25.4 Å². The summed E-state index contributed by atoms with van der Waals surface area (Å²) in [6, 6.07) is 7.87. The molecule has 3 heteroatoms. The van der Waals surface area contributed by atoms with Gasteiger partial charge < -0.3 is 14.6 Å². The molecule has 0 aromatic heterocycles. The second-order valence-electron chi connectivity index (χ2n) is 5.65. The van der Waals surface area contributed by atoms with E-state index in [1.54, 1.807) is 7.11 Å². The second kappa shape index (κ2) is 8.28. The maximum absolute atomic E-state index is 10.3. The van der Waals surface area contributed by atoms with Gasteiger partial charge in [0, 0.05) is 19.3 Å². The fourth-order valence-corrected chi connectivity index (χ4v) is 2.49. The highest BCUT2D eigenvalue weighted by Gasteiger charge is 2.19. The van der Waals surface area contributed by atoms with E-state index in [1.165, 1.54) is 19.3 Å². The van der Waals surface area contributed by atoms with Gasteiger partial charge in [-0.3, -0.25) is 0 Å². The average Bonchev–Trinajstić information content (AvgIpc) is 2.42. The first-order valence-electron chi connectivity index (χ1n) is 7.70. The number of methoxy groups -OCH3 is 1. The Hall–Kier alpha value is -1.06. The van der Waals surface area contributed by atoms with Gasteiger partial charge >= 0.3 is 0 Å². The minimum atomic E-state index is -0.440. The SMILES string of the molecule is COCCCCC(O)c1ccccc1OCC1CCC1. The Kier molecular flexibility index (Phi) is 6.34. The lowest BCUT2D eigenvalue weighted by atomic mass is 9.86. The molecule has 0 saturated heterocycles. The smallest absolute Gasteiger partial charge is 0.125 e. The molecule has 0 amide bonds. The van der Waals surface area contributed by atoms with Gasteiger partial charge in [0.25, 0.3) is 0 Å². The van der Waals surface area contributed by atoms with Crippen LogP contribution in [0, 0.1) is 5.92 Å². The van der Waals surface area contributed by atoms with E-state index in [0.717, 1.165) is 43.8 Å². The van der Waals surface area contributed by atoms with Gasteiger partial charge in [-0.15, -0.1) is 0 Å². The molecule has 0 heterocycles. The molecule has 112 valence electrons. The normalized spacial score (nSPS) is 16.7. The Bertz CT molecular complexity index is 388. The third kappa shape index (κ3) is 4.50. The molecule has 1 unspecified atom stereocenters. The van der Waals surface area contributed by atoms with Gasteiger partial charge in [-0.2, -0.15) is 0 Å². The summed E-state index contributed by atoms with van der Waals surface area (Å²) in [6.07, 6.45) is 6.16. The van der Waals surface area contributed by atoms with Gasteiger partial charge in [0.05, 0.1) is 12.7 Å². The van der Waals surface area contributed by atoms with Crippen LogP contribution in [0.5, 0.6) is 5.75 Å². The van der Waals surface area contributed by atoms with Gasteiger partial charge in [-0.25, -0.2) is 0 Å². The van der Waals surface area contributed by atoms with Crippen molar-refractivity contribution in [2.45, 2.75) is 44.6 Å². The van der Waals surface area contributed by atoms with Crippen LogP contribution in [0.2, 0.25) is 0 Å². The summed E-state index contributed by atoms with van der Waals surface area (Å²) in [5.41, 5.74) is 0.921. The van der Waals surface area contributed by atoms with Crippen LogP contribution in [0.15, 0.2) is 24.3 Å². The summed E-state index contributed by atoms with van der Waals surface area (Å²) in [6.45, 7) is 1.54. The van der Waals surface area contributed by atoms with Gasteiger partial charge in [0.1, 0.15) is 5.75 Å². The molecule has 2 rings (SSSR count). The molecule has 1 N–H and O–H groups in total. The van der Waals surface area contributed by atoms with E-state index in [9.17, 15) is 5.11 Å². The number of aliphatic hydroxyl groups is 1. The first-order chi connectivity index (χ1) is 9.81. The molecule has 1 aromatic rings. The largest absolute Gasteiger partial charge is 0.493 e. The summed E-state index contributed by atoms with van der Waals surface area (Å²) in [5, 5.41) is 10.3. The van der Waals surface area contributed by atoms with Crippen LogP contribution < -0.4 is 4.74 Å². The molecule has 0 aliphatic heterocycles. The maximum Gasteiger partial charge on any atom is 0.125 e. The fourth-order valence-electron chi connectivity index (χ4n) is 2.49. The number of hydrogen-bond acceptors (Lipinski definition) is 3. The highest BCUT2D eigenvalue weighted by molar-refractivity contribution is 5.35.